The van der Waals surface area contributed by atoms with E-state index >= 15 is 0 Å². The Morgan fingerprint density at radius 3 is 3.26 bits per heavy atom. The maximum Gasteiger partial charge on any atom is 0.180 e. The van der Waals surface area contributed by atoms with Gasteiger partial charge in [-0.25, -0.2) is 9.97 Å². The van der Waals surface area contributed by atoms with E-state index in [2.05, 4.69) is 43.2 Å². The van der Waals surface area contributed by atoms with E-state index in [1.807, 2.05) is 16.8 Å². The largest absolute Gasteiger partial charge is 0.367 e. The first kappa shape index (κ1) is 12.9. The molecule has 0 aromatic carbocycles. The van der Waals surface area contributed by atoms with Crippen molar-refractivity contribution in [2.45, 2.75) is 12.8 Å². The minimum absolute atomic E-state index is 0.689. The lowest BCUT2D eigenvalue weighted by Gasteiger charge is -2.29. The molecule has 1 atom stereocenters. The number of hydrogen-bond donors (Lipinski definition) is 1. The topological polar surface area (TPSA) is 45.5 Å². The molecule has 0 spiro atoms. The van der Waals surface area contributed by atoms with Gasteiger partial charge in [0.05, 0.1) is 0 Å². The predicted molar refractivity (Wildman–Crippen MR) is 79.4 cm³/mol. The Labute approximate surface area is 121 Å². The highest BCUT2D eigenvalue weighted by Gasteiger charge is 2.17. The van der Waals surface area contributed by atoms with Gasteiger partial charge >= 0.3 is 0 Å². The molecular weight excluding hydrogens is 306 g/mol. The quantitative estimate of drug-likeness (QED) is 0.941. The van der Waals surface area contributed by atoms with Crippen LogP contribution in [0.15, 0.2) is 23.2 Å². The fraction of sp³-hybridized carbons (Fsp3) is 0.538. The number of fused-ring (bicyclic) bond motifs is 1. The van der Waals surface area contributed by atoms with Crippen LogP contribution >= 0.6 is 15.9 Å². The SMILES string of the molecule is CN1CCCC(CNc2nc(Br)cn3ccnc23)C1. The molecule has 2 aromatic heterocycles. The summed E-state index contributed by atoms with van der Waals surface area (Å²) in [5.74, 6) is 1.54. The van der Waals surface area contributed by atoms with Crippen LogP contribution < -0.4 is 5.32 Å². The van der Waals surface area contributed by atoms with Crippen molar-refractivity contribution in [3.63, 3.8) is 0 Å². The molecular formula is C13H18BrN5. The smallest absolute Gasteiger partial charge is 0.180 e. The number of hydrogen-bond acceptors (Lipinski definition) is 4. The zero-order valence-electron chi connectivity index (χ0n) is 11.0. The lowest BCUT2D eigenvalue weighted by atomic mass is 9.98. The summed E-state index contributed by atoms with van der Waals surface area (Å²) in [5, 5.41) is 3.45. The maximum atomic E-state index is 4.49. The molecule has 2 aromatic rings. The minimum Gasteiger partial charge on any atom is -0.367 e. The van der Waals surface area contributed by atoms with Crippen molar-refractivity contribution in [3.05, 3.63) is 23.2 Å². The molecule has 102 valence electrons. The Morgan fingerprint density at radius 1 is 1.53 bits per heavy atom. The van der Waals surface area contributed by atoms with Crippen molar-refractivity contribution in [2.75, 3.05) is 32.0 Å². The van der Waals surface area contributed by atoms with Crippen LogP contribution in [0.25, 0.3) is 5.65 Å². The van der Waals surface area contributed by atoms with E-state index in [-0.39, 0.29) is 0 Å². The second kappa shape index (κ2) is 5.46. The lowest BCUT2D eigenvalue weighted by Crippen LogP contribution is -2.35. The number of likely N-dealkylation sites (tertiary alicyclic amines) is 1. The van der Waals surface area contributed by atoms with E-state index in [0.29, 0.717) is 5.92 Å². The lowest BCUT2D eigenvalue weighted by molar-refractivity contribution is 0.217. The zero-order chi connectivity index (χ0) is 13.2. The van der Waals surface area contributed by atoms with Crippen LogP contribution in [0.4, 0.5) is 5.82 Å². The van der Waals surface area contributed by atoms with Crippen molar-refractivity contribution in [1.82, 2.24) is 19.3 Å². The molecule has 0 amide bonds. The van der Waals surface area contributed by atoms with Gasteiger partial charge in [0.25, 0.3) is 0 Å². The second-order valence-electron chi connectivity index (χ2n) is 5.22. The van der Waals surface area contributed by atoms with E-state index in [0.717, 1.165) is 29.2 Å². The van der Waals surface area contributed by atoms with E-state index < -0.39 is 0 Å². The van der Waals surface area contributed by atoms with Crippen molar-refractivity contribution >= 4 is 27.4 Å². The number of nitrogens with one attached hydrogen (secondary N) is 1. The molecule has 0 saturated carbocycles. The maximum absolute atomic E-state index is 4.49. The summed E-state index contributed by atoms with van der Waals surface area (Å²) in [6.07, 6.45) is 8.22. The number of halogens is 1. The Morgan fingerprint density at radius 2 is 2.42 bits per heavy atom. The average molecular weight is 324 g/mol. The Kier molecular flexibility index (Phi) is 3.70. The third-order valence-electron chi connectivity index (χ3n) is 3.62. The summed E-state index contributed by atoms with van der Waals surface area (Å²) >= 11 is 3.44. The minimum atomic E-state index is 0.689. The van der Waals surface area contributed by atoms with Crippen LogP contribution in [-0.2, 0) is 0 Å². The van der Waals surface area contributed by atoms with Gasteiger partial charge < -0.3 is 14.6 Å². The van der Waals surface area contributed by atoms with Gasteiger partial charge in [-0.05, 0) is 48.3 Å². The van der Waals surface area contributed by atoms with Crippen LogP contribution in [0.3, 0.4) is 0 Å². The summed E-state index contributed by atoms with van der Waals surface area (Å²) in [6, 6.07) is 0. The van der Waals surface area contributed by atoms with Crippen molar-refractivity contribution in [2.24, 2.45) is 5.92 Å². The summed E-state index contributed by atoms with van der Waals surface area (Å²) in [5.41, 5.74) is 0.882. The highest BCUT2D eigenvalue weighted by atomic mass is 79.9. The molecule has 1 saturated heterocycles. The third kappa shape index (κ3) is 2.90. The molecule has 3 rings (SSSR count). The Balaban J connectivity index is 1.72. The molecule has 5 nitrogen and oxygen atoms in total. The van der Waals surface area contributed by atoms with Gasteiger partial charge in [0.15, 0.2) is 11.5 Å². The van der Waals surface area contributed by atoms with Crippen LogP contribution in [0.1, 0.15) is 12.8 Å². The molecule has 3 heterocycles. The molecule has 0 aliphatic carbocycles. The van der Waals surface area contributed by atoms with Crippen LogP contribution in [0, 0.1) is 5.92 Å². The Bertz CT molecular complexity index is 567. The second-order valence-corrected chi connectivity index (χ2v) is 6.03. The van der Waals surface area contributed by atoms with E-state index in [1.54, 1.807) is 6.20 Å². The average Bonchev–Trinajstić information content (AvgIpc) is 2.84. The molecule has 6 heteroatoms. The monoisotopic (exact) mass is 323 g/mol. The first-order valence-corrected chi connectivity index (χ1v) is 7.43. The van der Waals surface area contributed by atoms with E-state index in [9.17, 15) is 0 Å². The summed E-state index contributed by atoms with van der Waals surface area (Å²) < 4.78 is 2.80. The van der Waals surface area contributed by atoms with Crippen molar-refractivity contribution < 1.29 is 0 Å². The molecule has 0 bridgehead atoms. The highest BCUT2D eigenvalue weighted by Crippen LogP contribution is 2.19. The number of nitrogens with zero attached hydrogens (tertiary/aromatic N) is 4. The van der Waals surface area contributed by atoms with E-state index in [1.165, 1.54) is 19.4 Å². The fourth-order valence-corrected chi connectivity index (χ4v) is 3.10. The van der Waals surface area contributed by atoms with Crippen LogP contribution in [0.2, 0.25) is 0 Å². The number of rotatable bonds is 3. The summed E-state index contributed by atoms with van der Waals surface area (Å²) in [4.78, 5) is 11.2. The van der Waals surface area contributed by atoms with Gasteiger partial charge in [-0.15, -0.1) is 0 Å². The third-order valence-corrected chi connectivity index (χ3v) is 4.01. The van der Waals surface area contributed by atoms with Gasteiger partial charge in [-0.2, -0.15) is 0 Å². The molecule has 1 aliphatic heterocycles. The van der Waals surface area contributed by atoms with Crippen molar-refractivity contribution in [1.29, 1.82) is 0 Å². The zero-order valence-corrected chi connectivity index (χ0v) is 12.6. The van der Waals surface area contributed by atoms with Crippen LogP contribution in [0.5, 0.6) is 0 Å². The molecule has 1 N–H and O–H groups in total. The first-order valence-electron chi connectivity index (χ1n) is 6.64. The summed E-state index contributed by atoms with van der Waals surface area (Å²) in [7, 11) is 2.19. The van der Waals surface area contributed by atoms with Gasteiger partial charge in [0, 0.05) is 31.7 Å². The van der Waals surface area contributed by atoms with E-state index in [4.69, 9.17) is 0 Å². The van der Waals surface area contributed by atoms with Gasteiger partial charge in [0.2, 0.25) is 0 Å². The molecule has 1 fully saturated rings. The fourth-order valence-electron chi connectivity index (χ4n) is 2.70. The molecule has 1 unspecified atom stereocenters. The first-order chi connectivity index (χ1) is 9.22. The molecule has 0 radical (unpaired) electrons. The van der Waals surface area contributed by atoms with Crippen molar-refractivity contribution in [3.8, 4) is 0 Å². The van der Waals surface area contributed by atoms with Gasteiger partial charge in [-0.1, -0.05) is 0 Å². The number of imidazole rings is 1. The highest BCUT2D eigenvalue weighted by molar-refractivity contribution is 9.10. The van der Waals surface area contributed by atoms with Gasteiger partial charge in [-0.3, -0.25) is 0 Å². The Hall–Kier alpha value is -1.14. The number of piperidine rings is 1. The number of aromatic nitrogens is 3. The number of anilines is 1. The van der Waals surface area contributed by atoms with Gasteiger partial charge in [0.1, 0.15) is 4.60 Å². The standard InChI is InChI=1S/C13H18BrN5/c1-18-5-2-3-10(8-18)7-16-12-13-15-4-6-19(13)9-11(14)17-12/h4,6,9-10H,2-3,5,7-8H2,1H3,(H,16,17). The molecule has 1 aliphatic rings. The summed E-state index contributed by atoms with van der Waals surface area (Å²) in [6.45, 7) is 3.33. The predicted octanol–water partition coefficient (Wildman–Crippen LogP) is 2.25. The normalized spacial score (nSPS) is 20.8. The van der Waals surface area contributed by atoms with Crippen LogP contribution in [-0.4, -0.2) is 46.0 Å². The molecule has 19 heavy (non-hydrogen) atoms.